The van der Waals surface area contributed by atoms with Crippen molar-refractivity contribution in [3.05, 3.63) is 57.6 Å². The predicted molar refractivity (Wildman–Crippen MR) is 113 cm³/mol. The van der Waals surface area contributed by atoms with Gasteiger partial charge in [0.05, 0.1) is 7.11 Å². The van der Waals surface area contributed by atoms with Crippen LogP contribution in [0, 0.1) is 6.92 Å². The Labute approximate surface area is 169 Å². The molecule has 2 aromatic carbocycles. The molecule has 0 unspecified atom stereocenters. The Morgan fingerprint density at radius 1 is 1.08 bits per heavy atom. The summed E-state index contributed by atoms with van der Waals surface area (Å²) in [4.78, 5) is 3.16. The number of ether oxygens (including phenoxy) is 2. The van der Waals surface area contributed by atoms with Crippen LogP contribution in [-0.4, -0.2) is 30.1 Å². The van der Waals surface area contributed by atoms with Gasteiger partial charge in [-0.1, -0.05) is 42.0 Å². The molecule has 1 aliphatic heterocycles. The number of hydrogen-bond donors (Lipinski definition) is 0. The molecule has 1 saturated heterocycles. The predicted octanol–water partition coefficient (Wildman–Crippen LogP) is 5.51. The van der Waals surface area contributed by atoms with Gasteiger partial charge in [0, 0.05) is 23.1 Å². The molecular weight excluding hydrogens is 410 g/mol. The average molecular weight is 434 g/mol. The lowest BCUT2D eigenvalue weighted by Gasteiger charge is -2.29. The summed E-state index contributed by atoms with van der Waals surface area (Å²) in [5, 5.41) is 0. The number of thiocarbonyl (C=S) groups is 1. The molecule has 5 heteroatoms. The van der Waals surface area contributed by atoms with E-state index in [1.165, 1.54) is 24.8 Å². The number of halogens is 1. The van der Waals surface area contributed by atoms with Crippen molar-refractivity contribution in [2.24, 2.45) is 0 Å². The summed E-state index contributed by atoms with van der Waals surface area (Å²) in [5.74, 6) is 1.42. The second-order valence-electron chi connectivity index (χ2n) is 6.61. The van der Waals surface area contributed by atoms with Gasteiger partial charge in [-0.3, -0.25) is 0 Å². The van der Waals surface area contributed by atoms with Crippen LogP contribution in [0.5, 0.6) is 11.5 Å². The molecule has 2 aromatic rings. The molecule has 3 rings (SSSR count). The van der Waals surface area contributed by atoms with Gasteiger partial charge in [0.15, 0.2) is 11.5 Å². The smallest absolute Gasteiger partial charge is 0.162 e. The first-order valence-corrected chi connectivity index (χ1v) is 10.1. The van der Waals surface area contributed by atoms with Gasteiger partial charge in [-0.05, 0) is 59.8 Å². The summed E-state index contributed by atoms with van der Waals surface area (Å²) in [5.41, 5.74) is 3.35. The lowest BCUT2D eigenvalue weighted by atomic mass is 10.1. The highest BCUT2D eigenvalue weighted by Gasteiger charge is 2.19. The van der Waals surface area contributed by atoms with Crippen molar-refractivity contribution in [2.75, 3.05) is 20.2 Å². The lowest BCUT2D eigenvalue weighted by Crippen LogP contribution is -2.35. The minimum absolute atomic E-state index is 0.499. The van der Waals surface area contributed by atoms with Crippen molar-refractivity contribution < 1.29 is 9.47 Å². The number of rotatable bonds is 5. The Balaban J connectivity index is 1.77. The highest BCUT2D eigenvalue weighted by atomic mass is 79.9. The zero-order chi connectivity index (χ0) is 18.5. The van der Waals surface area contributed by atoms with E-state index in [0.717, 1.165) is 33.7 Å². The fourth-order valence-electron chi connectivity index (χ4n) is 3.08. The van der Waals surface area contributed by atoms with Gasteiger partial charge in [-0.15, -0.1) is 0 Å². The molecular formula is C21H24BrNO2S. The first kappa shape index (κ1) is 19.2. The van der Waals surface area contributed by atoms with Gasteiger partial charge in [0.2, 0.25) is 0 Å². The van der Waals surface area contributed by atoms with E-state index in [1.807, 2.05) is 12.1 Å². The van der Waals surface area contributed by atoms with Crippen molar-refractivity contribution in [3.63, 3.8) is 0 Å². The van der Waals surface area contributed by atoms with Crippen molar-refractivity contribution >= 4 is 33.1 Å². The van der Waals surface area contributed by atoms with Crippen LogP contribution in [0.15, 0.2) is 40.9 Å². The Kier molecular flexibility index (Phi) is 6.54. The van der Waals surface area contributed by atoms with Crippen molar-refractivity contribution in [1.29, 1.82) is 0 Å². The van der Waals surface area contributed by atoms with Crippen LogP contribution in [0.1, 0.15) is 36.0 Å². The first-order chi connectivity index (χ1) is 12.6. The van der Waals surface area contributed by atoms with E-state index < -0.39 is 0 Å². The molecule has 0 aromatic heterocycles. The van der Waals surface area contributed by atoms with Crippen molar-refractivity contribution in [2.45, 2.75) is 32.8 Å². The van der Waals surface area contributed by atoms with Crippen LogP contribution in [0.2, 0.25) is 0 Å². The van der Waals surface area contributed by atoms with E-state index in [1.54, 1.807) is 7.11 Å². The van der Waals surface area contributed by atoms with E-state index >= 15 is 0 Å². The molecule has 0 saturated carbocycles. The van der Waals surface area contributed by atoms with Crippen LogP contribution < -0.4 is 9.47 Å². The molecule has 0 atom stereocenters. The fourth-order valence-corrected chi connectivity index (χ4v) is 4.08. The van der Waals surface area contributed by atoms with E-state index in [9.17, 15) is 0 Å². The van der Waals surface area contributed by atoms with Crippen molar-refractivity contribution in [1.82, 2.24) is 4.90 Å². The van der Waals surface area contributed by atoms with Gasteiger partial charge in [-0.25, -0.2) is 0 Å². The molecule has 0 spiro atoms. The molecule has 0 radical (unpaired) electrons. The van der Waals surface area contributed by atoms with E-state index in [2.05, 4.69) is 52.0 Å². The number of aryl methyl sites for hydroxylation is 1. The number of piperidine rings is 1. The molecule has 3 nitrogen and oxygen atoms in total. The monoisotopic (exact) mass is 433 g/mol. The minimum atomic E-state index is 0.499. The topological polar surface area (TPSA) is 21.7 Å². The largest absolute Gasteiger partial charge is 0.493 e. The third kappa shape index (κ3) is 4.57. The molecule has 26 heavy (non-hydrogen) atoms. The maximum atomic E-state index is 6.00. The van der Waals surface area contributed by atoms with Gasteiger partial charge in [-0.2, -0.15) is 0 Å². The van der Waals surface area contributed by atoms with Gasteiger partial charge in [0.1, 0.15) is 11.6 Å². The Hall–Kier alpha value is -1.59. The van der Waals surface area contributed by atoms with Crippen LogP contribution in [0.4, 0.5) is 0 Å². The Morgan fingerprint density at radius 3 is 2.42 bits per heavy atom. The van der Waals surface area contributed by atoms with E-state index in [0.29, 0.717) is 18.1 Å². The molecule has 0 bridgehead atoms. The van der Waals surface area contributed by atoms with Gasteiger partial charge < -0.3 is 14.4 Å². The highest BCUT2D eigenvalue weighted by molar-refractivity contribution is 9.10. The Morgan fingerprint density at radius 2 is 1.77 bits per heavy atom. The summed E-state index contributed by atoms with van der Waals surface area (Å²) in [6.07, 6.45) is 3.69. The van der Waals surface area contributed by atoms with Crippen LogP contribution in [0.3, 0.4) is 0 Å². The molecule has 0 amide bonds. The fraction of sp³-hybridized carbons (Fsp3) is 0.381. The molecule has 1 aliphatic rings. The second kappa shape index (κ2) is 8.87. The molecule has 0 aliphatic carbocycles. The van der Waals surface area contributed by atoms with Crippen molar-refractivity contribution in [3.8, 4) is 11.5 Å². The van der Waals surface area contributed by atoms with Crippen LogP contribution in [-0.2, 0) is 6.61 Å². The summed E-state index contributed by atoms with van der Waals surface area (Å²) >= 11 is 9.40. The van der Waals surface area contributed by atoms with Gasteiger partial charge >= 0.3 is 0 Å². The quantitative estimate of drug-likeness (QED) is 0.579. The summed E-state index contributed by atoms with van der Waals surface area (Å²) in [7, 11) is 1.66. The van der Waals surface area contributed by atoms with Crippen LogP contribution >= 0.6 is 28.1 Å². The average Bonchev–Trinajstić information content (AvgIpc) is 2.68. The summed E-state index contributed by atoms with van der Waals surface area (Å²) in [6.45, 7) is 4.63. The molecule has 1 fully saturated rings. The third-order valence-corrected chi connectivity index (χ3v) is 5.78. The molecule has 0 N–H and O–H groups in total. The maximum absolute atomic E-state index is 6.00. The molecule has 1 heterocycles. The number of likely N-dealkylation sites (tertiary alicyclic amines) is 1. The number of hydrogen-bond acceptors (Lipinski definition) is 3. The maximum Gasteiger partial charge on any atom is 0.162 e. The standard InChI is InChI=1S/C21H24BrNO2S/c1-15-6-8-16(9-7-15)14-25-20-13-18(22)17(12-19(20)24-2)21(26)23-10-4-3-5-11-23/h6-9,12-13H,3-5,10-11,14H2,1-2H3. The van der Waals surface area contributed by atoms with Crippen LogP contribution in [0.25, 0.3) is 0 Å². The number of nitrogens with zero attached hydrogens (tertiary/aromatic N) is 1. The highest BCUT2D eigenvalue weighted by Crippen LogP contribution is 2.35. The summed E-state index contributed by atoms with van der Waals surface area (Å²) < 4.78 is 12.5. The van der Waals surface area contributed by atoms with Gasteiger partial charge in [0.25, 0.3) is 0 Å². The SMILES string of the molecule is COc1cc(C(=S)N2CCCCC2)c(Br)cc1OCc1ccc(C)cc1. The van der Waals surface area contributed by atoms with E-state index in [4.69, 9.17) is 21.7 Å². The summed E-state index contributed by atoms with van der Waals surface area (Å²) in [6, 6.07) is 12.3. The molecule has 138 valence electrons. The number of methoxy groups -OCH3 is 1. The zero-order valence-corrected chi connectivity index (χ0v) is 17.7. The lowest BCUT2D eigenvalue weighted by molar-refractivity contribution is 0.284. The first-order valence-electron chi connectivity index (χ1n) is 8.93. The zero-order valence-electron chi connectivity index (χ0n) is 15.3. The Bertz CT molecular complexity index is 770. The third-order valence-electron chi connectivity index (χ3n) is 4.64. The normalized spacial score (nSPS) is 14.2. The minimum Gasteiger partial charge on any atom is -0.493 e. The second-order valence-corrected chi connectivity index (χ2v) is 7.85. The number of benzene rings is 2. The van der Waals surface area contributed by atoms with E-state index in [-0.39, 0.29) is 0 Å².